The van der Waals surface area contributed by atoms with E-state index in [9.17, 15) is 45.3 Å². The van der Waals surface area contributed by atoms with Crippen LogP contribution in [0.25, 0.3) is 0 Å². The molecule has 11 heteroatoms. The largest absolute Gasteiger partial charge is 0.390 e. The SMILES string of the molecule is CC(CC(=O)CC(C)(C)O)C1C(=O)C(O)C2(C)C3CC(O)C4=C(CCC(OC5OCC(O)C(O)C5O)C4(C)C)C(O)C3=CCC12C. The number of ether oxygens (including phenoxy) is 2. The van der Waals surface area contributed by atoms with Crippen molar-refractivity contribution in [3.8, 4) is 0 Å². The van der Waals surface area contributed by atoms with E-state index in [1.807, 2.05) is 40.7 Å². The first-order valence-electron chi connectivity index (χ1n) is 16.7. The van der Waals surface area contributed by atoms with Crippen LogP contribution in [0.4, 0.5) is 0 Å². The molecule has 0 bridgehead atoms. The highest BCUT2D eigenvalue weighted by Crippen LogP contribution is 2.68. The van der Waals surface area contributed by atoms with Crippen molar-refractivity contribution in [2.45, 2.75) is 142 Å². The molecule has 0 aromatic carbocycles. The Morgan fingerprint density at radius 1 is 1.09 bits per heavy atom. The Kier molecular flexibility index (Phi) is 9.41. The molecule has 0 aromatic rings. The first-order valence-corrected chi connectivity index (χ1v) is 16.7. The minimum absolute atomic E-state index is 0.0358. The third-order valence-corrected chi connectivity index (χ3v) is 12.4. The topological polar surface area (TPSA) is 194 Å². The van der Waals surface area contributed by atoms with Crippen LogP contribution >= 0.6 is 0 Å². The van der Waals surface area contributed by atoms with Gasteiger partial charge in [0.25, 0.3) is 0 Å². The maximum absolute atomic E-state index is 13.9. The van der Waals surface area contributed by atoms with E-state index in [-0.39, 0.29) is 43.4 Å². The number of hydrogen-bond donors (Lipinski definition) is 7. The van der Waals surface area contributed by atoms with Crippen LogP contribution in [0, 0.1) is 34.0 Å². The molecule has 5 rings (SSSR count). The Labute approximate surface area is 271 Å². The van der Waals surface area contributed by atoms with Gasteiger partial charge < -0.3 is 45.2 Å². The quantitative estimate of drug-likeness (QED) is 0.197. The number of carbonyl (C=O) groups is 2. The summed E-state index contributed by atoms with van der Waals surface area (Å²) in [6, 6.07) is 0. The van der Waals surface area contributed by atoms with Gasteiger partial charge in [-0.25, -0.2) is 0 Å². The number of carbonyl (C=O) groups excluding carboxylic acids is 2. The number of fused-ring (bicyclic) bond motifs is 3. The average molecular weight is 651 g/mol. The van der Waals surface area contributed by atoms with Crippen molar-refractivity contribution in [3.05, 3.63) is 22.8 Å². The lowest BCUT2D eigenvalue weighted by atomic mass is 9.50. The number of ketones is 2. The number of allylic oxidation sites excluding steroid dienone is 1. The predicted octanol–water partition coefficient (Wildman–Crippen LogP) is 1.33. The van der Waals surface area contributed by atoms with Crippen LogP contribution in [0.15, 0.2) is 22.8 Å². The third-order valence-electron chi connectivity index (χ3n) is 12.4. The van der Waals surface area contributed by atoms with Crippen LogP contribution in [0.5, 0.6) is 0 Å². The summed E-state index contributed by atoms with van der Waals surface area (Å²) in [5.41, 5.74) is -1.83. The van der Waals surface area contributed by atoms with Crippen LogP contribution in [-0.4, -0.2) is 109 Å². The monoisotopic (exact) mass is 650 g/mol. The summed E-state index contributed by atoms with van der Waals surface area (Å²) in [7, 11) is 0. The number of rotatable bonds is 7. The van der Waals surface area contributed by atoms with Gasteiger partial charge in [-0.1, -0.05) is 40.7 Å². The highest BCUT2D eigenvalue weighted by molar-refractivity contribution is 5.91. The first-order chi connectivity index (χ1) is 21.2. The van der Waals surface area contributed by atoms with E-state index >= 15 is 0 Å². The number of aliphatic hydroxyl groups excluding tert-OH is 6. The van der Waals surface area contributed by atoms with Crippen LogP contribution in [-0.2, 0) is 19.1 Å². The molecule has 46 heavy (non-hydrogen) atoms. The Morgan fingerprint density at radius 3 is 2.37 bits per heavy atom. The molecule has 13 atom stereocenters. The van der Waals surface area contributed by atoms with Crippen molar-refractivity contribution in [3.63, 3.8) is 0 Å². The molecule has 13 unspecified atom stereocenters. The second-order valence-electron chi connectivity index (χ2n) is 16.4. The third kappa shape index (κ3) is 5.57. The maximum Gasteiger partial charge on any atom is 0.186 e. The van der Waals surface area contributed by atoms with Crippen molar-refractivity contribution >= 4 is 11.6 Å². The Bertz CT molecular complexity index is 1280. The fraction of sp³-hybridized carbons (Fsp3) is 0.829. The average Bonchev–Trinajstić information content (AvgIpc) is 3.01. The van der Waals surface area contributed by atoms with Gasteiger partial charge in [0.15, 0.2) is 12.1 Å². The maximum atomic E-state index is 13.9. The van der Waals surface area contributed by atoms with Crippen LogP contribution < -0.4 is 0 Å². The van der Waals surface area contributed by atoms with Crippen LogP contribution in [0.1, 0.15) is 87.0 Å². The van der Waals surface area contributed by atoms with E-state index in [1.54, 1.807) is 13.8 Å². The van der Waals surface area contributed by atoms with Crippen LogP contribution in [0.3, 0.4) is 0 Å². The first kappa shape index (κ1) is 35.8. The zero-order valence-corrected chi connectivity index (χ0v) is 28.1. The lowest BCUT2D eigenvalue weighted by molar-refractivity contribution is -0.291. The molecule has 1 saturated heterocycles. The summed E-state index contributed by atoms with van der Waals surface area (Å²) in [5.74, 6) is -2.05. The lowest BCUT2D eigenvalue weighted by Crippen LogP contribution is -2.56. The van der Waals surface area contributed by atoms with E-state index in [2.05, 4.69) is 0 Å². The van der Waals surface area contributed by atoms with Gasteiger partial charge in [-0.05, 0) is 73.5 Å². The smallest absolute Gasteiger partial charge is 0.186 e. The summed E-state index contributed by atoms with van der Waals surface area (Å²) in [6.45, 7) is 12.4. The zero-order chi connectivity index (χ0) is 34.3. The number of aliphatic hydroxyl groups is 7. The second-order valence-corrected chi connectivity index (χ2v) is 16.4. The molecular weight excluding hydrogens is 596 g/mol. The molecule has 0 spiro atoms. The van der Waals surface area contributed by atoms with E-state index in [4.69, 9.17) is 9.47 Å². The molecule has 0 aromatic heterocycles. The summed E-state index contributed by atoms with van der Waals surface area (Å²) in [4.78, 5) is 26.8. The van der Waals surface area contributed by atoms with E-state index in [0.29, 0.717) is 36.0 Å². The van der Waals surface area contributed by atoms with Crippen LogP contribution in [0.2, 0.25) is 0 Å². The standard InChI is InChI=1S/C35H54O11/c1-16(12-17(36)14-32(2,3)44)24-28(41)30(43)35(7)20-13-21(37)25-19(26(39)18(20)10-11-34(24,35)6)8-9-23(33(25,4)5)46-31-29(42)27(40)22(38)15-45-31/h10,16,20-24,26-27,29-31,37-40,42-44H,8-9,11-15H2,1-7H3. The van der Waals surface area contributed by atoms with Crippen molar-refractivity contribution in [2.75, 3.05) is 6.61 Å². The normalized spacial score (nSPS) is 44.9. The van der Waals surface area contributed by atoms with E-state index in [0.717, 1.165) is 0 Å². The van der Waals surface area contributed by atoms with Gasteiger partial charge in [0.05, 0.1) is 30.5 Å². The molecule has 7 N–H and O–H groups in total. The van der Waals surface area contributed by atoms with Gasteiger partial charge in [0, 0.05) is 29.6 Å². The summed E-state index contributed by atoms with van der Waals surface area (Å²) < 4.78 is 11.7. The Balaban J connectivity index is 1.44. The highest BCUT2D eigenvalue weighted by Gasteiger charge is 2.70. The fourth-order valence-electron chi connectivity index (χ4n) is 9.94. The van der Waals surface area contributed by atoms with Crippen molar-refractivity contribution in [2.24, 2.45) is 34.0 Å². The molecule has 0 amide bonds. The molecule has 2 fully saturated rings. The Hall–Kier alpha value is -1.54. The van der Waals surface area contributed by atoms with Gasteiger partial charge >= 0.3 is 0 Å². The van der Waals surface area contributed by atoms with Gasteiger partial charge in [-0.3, -0.25) is 9.59 Å². The molecule has 1 saturated carbocycles. The minimum atomic E-state index is -1.47. The summed E-state index contributed by atoms with van der Waals surface area (Å²) in [6.07, 6.45) is -5.92. The molecule has 11 nitrogen and oxygen atoms in total. The Morgan fingerprint density at radius 2 is 1.74 bits per heavy atom. The highest BCUT2D eigenvalue weighted by atomic mass is 16.7. The number of Topliss-reactive ketones (excluding diaryl/α,β-unsaturated/α-hetero) is 2. The zero-order valence-electron chi connectivity index (χ0n) is 28.1. The van der Waals surface area contributed by atoms with Gasteiger partial charge in [0.1, 0.15) is 30.2 Å². The van der Waals surface area contributed by atoms with E-state index < -0.39 is 82.7 Å². The molecule has 4 aliphatic carbocycles. The van der Waals surface area contributed by atoms with Crippen molar-refractivity contribution in [1.82, 2.24) is 0 Å². The van der Waals surface area contributed by atoms with Gasteiger partial charge in [0.2, 0.25) is 0 Å². The molecule has 1 heterocycles. The second kappa shape index (κ2) is 12.1. The van der Waals surface area contributed by atoms with Gasteiger partial charge in [-0.2, -0.15) is 0 Å². The number of hydrogen-bond acceptors (Lipinski definition) is 11. The molecule has 5 aliphatic rings. The van der Waals surface area contributed by atoms with Crippen molar-refractivity contribution < 1.29 is 54.8 Å². The van der Waals surface area contributed by atoms with Crippen molar-refractivity contribution in [1.29, 1.82) is 0 Å². The van der Waals surface area contributed by atoms with Gasteiger partial charge in [-0.15, -0.1) is 0 Å². The molecule has 1 aliphatic heterocycles. The molecule has 0 radical (unpaired) electrons. The fourth-order valence-corrected chi connectivity index (χ4v) is 9.94. The molecule has 260 valence electrons. The van der Waals surface area contributed by atoms with E-state index in [1.165, 1.54) is 0 Å². The lowest BCUT2D eigenvalue weighted by Gasteiger charge is -2.54. The predicted molar refractivity (Wildman–Crippen MR) is 166 cm³/mol. The summed E-state index contributed by atoms with van der Waals surface area (Å²) >= 11 is 0. The molecular formula is C35H54O11. The minimum Gasteiger partial charge on any atom is -0.390 e. The summed E-state index contributed by atoms with van der Waals surface area (Å²) in [5, 5.41) is 76.4.